The number of aryl methyl sites for hydroxylation is 1. The summed E-state index contributed by atoms with van der Waals surface area (Å²) in [5.74, 6) is 2.41. The quantitative estimate of drug-likeness (QED) is 0.434. The molecule has 3 aromatic rings. The number of benzene rings is 3. The van der Waals surface area contributed by atoms with Gasteiger partial charge in [-0.2, -0.15) is 5.26 Å². The first-order valence-corrected chi connectivity index (χ1v) is 11.9. The highest BCUT2D eigenvalue weighted by atomic mass is 79.9. The van der Waals surface area contributed by atoms with Gasteiger partial charge in [0.15, 0.2) is 23.0 Å². The molecule has 0 bridgehead atoms. The number of hydrogen-bond acceptors (Lipinski definition) is 7. The molecule has 0 aliphatic carbocycles. The van der Waals surface area contributed by atoms with E-state index in [2.05, 4.69) is 34.1 Å². The summed E-state index contributed by atoms with van der Waals surface area (Å²) in [6.45, 7) is 4.92. The third kappa shape index (κ3) is 4.35. The Morgan fingerprint density at radius 1 is 1.06 bits per heavy atom. The zero-order valence-electron chi connectivity index (χ0n) is 19.3. The third-order valence-corrected chi connectivity index (χ3v) is 6.47. The minimum Gasteiger partial charge on any atom is -0.490 e. The van der Waals surface area contributed by atoms with E-state index in [0.717, 1.165) is 16.7 Å². The molecule has 2 aliphatic rings. The molecule has 0 aromatic heterocycles. The van der Waals surface area contributed by atoms with Crippen molar-refractivity contribution in [1.29, 1.82) is 5.26 Å². The molecular formula is C27H23BrN2O5. The van der Waals surface area contributed by atoms with Crippen molar-refractivity contribution in [3.05, 3.63) is 86.7 Å². The second-order valence-corrected chi connectivity index (χ2v) is 9.06. The highest BCUT2D eigenvalue weighted by Gasteiger charge is 2.34. The SMILES string of the molecule is CCOc1cc([C@@H]2C(C#N)=C(N)Oc3cc4c(cc32)OCO4)cc(Br)c1OCc1ccc(C)cc1. The minimum atomic E-state index is -0.486. The van der Waals surface area contributed by atoms with Gasteiger partial charge >= 0.3 is 0 Å². The van der Waals surface area contributed by atoms with Crippen LogP contribution in [0.15, 0.2) is 64.5 Å². The fourth-order valence-electron chi connectivity index (χ4n) is 4.19. The summed E-state index contributed by atoms with van der Waals surface area (Å²) in [6.07, 6.45) is 0. The van der Waals surface area contributed by atoms with Gasteiger partial charge in [0.25, 0.3) is 0 Å². The van der Waals surface area contributed by atoms with E-state index in [-0.39, 0.29) is 12.7 Å². The Bertz CT molecular complexity index is 1360. The van der Waals surface area contributed by atoms with Gasteiger partial charge in [-0.3, -0.25) is 0 Å². The van der Waals surface area contributed by atoms with E-state index in [1.165, 1.54) is 5.56 Å². The van der Waals surface area contributed by atoms with Crippen LogP contribution in [0.4, 0.5) is 0 Å². The minimum absolute atomic E-state index is 0.0534. The van der Waals surface area contributed by atoms with Crippen LogP contribution in [-0.4, -0.2) is 13.4 Å². The van der Waals surface area contributed by atoms with E-state index in [4.69, 9.17) is 29.4 Å². The van der Waals surface area contributed by atoms with Crippen LogP contribution in [0.25, 0.3) is 0 Å². The number of ether oxygens (including phenoxy) is 5. The second kappa shape index (κ2) is 9.43. The highest BCUT2D eigenvalue weighted by molar-refractivity contribution is 9.10. The zero-order chi connectivity index (χ0) is 24.5. The largest absolute Gasteiger partial charge is 0.490 e. The third-order valence-electron chi connectivity index (χ3n) is 5.88. The molecule has 2 N–H and O–H groups in total. The van der Waals surface area contributed by atoms with E-state index < -0.39 is 5.92 Å². The van der Waals surface area contributed by atoms with Crippen molar-refractivity contribution in [1.82, 2.24) is 0 Å². The molecule has 0 amide bonds. The Morgan fingerprint density at radius 2 is 1.80 bits per heavy atom. The van der Waals surface area contributed by atoms with E-state index in [0.29, 0.717) is 52.0 Å². The Kier molecular flexibility index (Phi) is 6.18. The van der Waals surface area contributed by atoms with E-state index in [1.54, 1.807) is 6.07 Å². The summed E-state index contributed by atoms with van der Waals surface area (Å²) >= 11 is 3.66. The Morgan fingerprint density at radius 3 is 2.51 bits per heavy atom. The van der Waals surface area contributed by atoms with Crippen LogP contribution in [0.5, 0.6) is 28.7 Å². The van der Waals surface area contributed by atoms with Crippen LogP contribution in [0.2, 0.25) is 0 Å². The fourth-order valence-corrected chi connectivity index (χ4v) is 4.76. The fraction of sp³-hybridized carbons (Fsp3) is 0.222. The normalized spacial score (nSPS) is 15.8. The molecule has 5 rings (SSSR count). The molecule has 0 saturated heterocycles. The summed E-state index contributed by atoms with van der Waals surface area (Å²) < 4.78 is 29.6. The lowest BCUT2D eigenvalue weighted by molar-refractivity contribution is 0.174. The van der Waals surface area contributed by atoms with Crippen LogP contribution in [0.3, 0.4) is 0 Å². The maximum absolute atomic E-state index is 9.95. The van der Waals surface area contributed by atoms with Gasteiger partial charge in [-0.15, -0.1) is 0 Å². The summed E-state index contributed by atoms with van der Waals surface area (Å²) in [6, 6.07) is 17.8. The van der Waals surface area contributed by atoms with Gasteiger partial charge in [0, 0.05) is 11.6 Å². The maximum atomic E-state index is 9.95. The molecule has 0 saturated carbocycles. The Hall–Kier alpha value is -3.83. The number of nitrogens with two attached hydrogens (primary N) is 1. The van der Waals surface area contributed by atoms with Crippen molar-refractivity contribution in [3.8, 4) is 34.8 Å². The standard InChI is InChI=1S/C27H23BrN2O5/c1-3-31-24-9-17(8-20(28)26(24)32-13-16-6-4-15(2)5-7-16)25-18-10-22-23(34-14-33-22)11-21(18)35-27(30)19(25)12-29/h4-11,25H,3,13-14,30H2,1-2H3/t25-/m0/s1. The first-order valence-electron chi connectivity index (χ1n) is 11.1. The first-order chi connectivity index (χ1) is 17.0. The molecule has 0 spiro atoms. The van der Waals surface area contributed by atoms with Gasteiger partial charge < -0.3 is 29.4 Å². The molecule has 8 heteroatoms. The molecule has 2 aliphatic heterocycles. The summed E-state index contributed by atoms with van der Waals surface area (Å²) in [5.41, 5.74) is 10.3. The molecule has 178 valence electrons. The van der Waals surface area contributed by atoms with Crippen molar-refractivity contribution in [2.24, 2.45) is 5.73 Å². The van der Waals surface area contributed by atoms with Gasteiger partial charge in [-0.1, -0.05) is 29.8 Å². The zero-order valence-corrected chi connectivity index (χ0v) is 20.8. The van der Waals surface area contributed by atoms with Crippen molar-refractivity contribution in [2.45, 2.75) is 26.4 Å². The number of hydrogen-bond donors (Lipinski definition) is 1. The van der Waals surface area contributed by atoms with Gasteiger partial charge in [-0.05, 0) is 59.1 Å². The van der Waals surface area contributed by atoms with Gasteiger partial charge in [0.05, 0.1) is 17.0 Å². The Labute approximate surface area is 211 Å². The molecular weight excluding hydrogens is 512 g/mol. The van der Waals surface area contributed by atoms with Crippen LogP contribution in [-0.2, 0) is 6.61 Å². The van der Waals surface area contributed by atoms with Crippen LogP contribution in [0, 0.1) is 18.3 Å². The topological polar surface area (TPSA) is 96.0 Å². The van der Waals surface area contributed by atoms with Crippen molar-refractivity contribution in [2.75, 3.05) is 13.4 Å². The average molecular weight is 535 g/mol. The lowest BCUT2D eigenvalue weighted by Gasteiger charge is -2.27. The molecule has 1 atom stereocenters. The highest BCUT2D eigenvalue weighted by Crippen LogP contribution is 2.50. The average Bonchev–Trinajstić information content (AvgIpc) is 3.30. The van der Waals surface area contributed by atoms with Crippen LogP contribution >= 0.6 is 15.9 Å². The van der Waals surface area contributed by atoms with Gasteiger partial charge in [0.1, 0.15) is 24.0 Å². The van der Waals surface area contributed by atoms with Gasteiger partial charge in [0.2, 0.25) is 12.7 Å². The van der Waals surface area contributed by atoms with Crippen LogP contribution in [0.1, 0.15) is 35.1 Å². The molecule has 3 aromatic carbocycles. The molecule has 0 unspecified atom stereocenters. The number of rotatable bonds is 6. The lowest BCUT2D eigenvalue weighted by Crippen LogP contribution is -2.21. The second-order valence-electron chi connectivity index (χ2n) is 8.21. The summed E-state index contributed by atoms with van der Waals surface area (Å²) in [5, 5.41) is 9.95. The van der Waals surface area contributed by atoms with Crippen molar-refractivity contribution >= 4 is 15.9 Å². The molecule has 0 radical (unpaired) electrons. The number of allylic oxidation sites excluding steroid dienone is 1. The van der Waals surface area contributed by atoms with Crippen molar-refractivity contribution in [3.63, 3.8) is 0 Å². The summed E-state index contributed by atoms with van der Waals surface area (Å²) in [7, 11) is 0. The number of nitrogens with zero attached hydrogens (tertiary/aromatic N) is 1. The lowest BCUT2D eigenvalue weighted by atomic mass is 9.83. The molecule has 0 fully saturated rings. The van der Waals surface area contributed by atoms with E-state index in [1.807, 2.05) is 44.2 Å². The number of nitriles is 1. The predicted molar refractivity (Wildman–Crippen MR) is 133 cm³/mol. The number of fused-ring (bicyclic) bond motifs is 2. The van der Waals surface area contributed by atoms with Crippen LogP contribution < -0.4 is 29.4 Å². The monoisotopic (exact) mass is 534 g/mol. The first kappa shape index (κ1) is 22.9. The Balaban J connectivity index is 1.56. The van der Waals surface area contributed by atoms with Crippen molar-refractivity contribution < 1.29 is 23.7 Å². The molecule has 35 heavy (non-hydrogen) atoms. The number of halogens is 1. The van der Waals surface area contributed by atoms with E-state index in [9.17, 15) is 5.26 Å². The van der Waals surface area contributed by atoms with E-state index >= 15 is 0 Å². The maximum Gasteiger partial charge on any atom is 0.231 e. The molecule has 7 nitrogen and oxygen atoms in total. The van der Waals surface area contributed by atoms with Gasteiger partial charge in [-0.25, -0.2) is 0 Å². The summed E-state index contributed by atoms with van der Waals surface area (Å²) in [4.78, 5) is 0. The molecule has 2 heterocycles. The predicted octanol–water partition coefficient (Wildman–Crippen LogP) is 5.68. The smallest absolute Gasteiger partial charge is 0.231 e.